The molecule has 0 amide bonds. The zero-order chi connectivity index (χ0) is 14.4. The van der Waals surface area contributed by atoms with Crippen LogP contribution in [-0.2, 0) is 13.0 Å². The molecule has 1 aromatic carbocycles. The molecule has 2 rings (SSSR count). The van der Waals surface area contributed by atoms with Crippen LogP contribution in [-0.4, -0.2) is 49.1 Å². The summed E-state index contributed by atoms with van der Waals surface area (Å²) in [4.78, 5) is 5.08. The molecule has 20 heavy (non-hydrogen) atoms. The molecular formula is C17H29N3. The third-order valence-electron chi connectivity index (χ3n) is 4.58. The maximum atomic E-state index is 5.71. The topological polar surface area (TPSA) is 32.5 Å². The van der Waals surface area contributed by atoms with Gasteiger partial charge >= 0.3 is 0 Å². The maximum Gasteiger partial charge on any atom is 0.0236 e. The molecule has 1 saturated heterocycles. The van der Waals surface area contributed by atoms with E-state index in [0.717, 1.165) is 25.6 Å². The minimum absolute atomic E-state index is 0.726. The normalized spacial score (nSPS) is 17.8. The van der Waals surface area contributed by atoms with E-state index in [1.807, 2.05) is 0 Å². The van der Waals surface area contributed by atoms with Gasteiger partial charge in [0.1, 0.15) is 0 Å². The molecular weight excluding hydrogens is 246 g/mol. The van der Waals surface area contributed by atoms with Gasteiger partial charge in [0, 0.05) is 12.6 Å². The molecule has 2 N–H and O–H groups in total. The van der Waals surface area contributed by atoms with Crippen LogP contribution in [0.25, 0.3) is 0 Å². The molecule has 0 bridgehead atoms. The van der Waals surface area contributed by atoms with E-state index in [1.54, 1.807) is 0 Å². The Kier molecular flexibility index (Phi) is 6.02. The molecule has 0 atom stereocenters. The summed E-state index contributed by atoms with van der Waals surface area (Å²) < 4.78 is 0. The van der Waals surface area contributed by atoms with Crippen LogP contribution in [0, 0.1) is 0 Å². The lowest BCUT2D eigenvalue weighted by atomic mass is 10.0. The minimum Gasteiger partial charge on any atom is -0.330 e. The average Bonchev–Trinajstić information content (AvgIpc) is 2.49. The van der Waals surface area contributed by atoms with Crippen molar-refractivity contribution in [3.63, 3.8) is 0 Å². The van der Waals surface area contributed by atoms with E-state index < -0.39 is 0 Å². The summed E-state index contributed by atoms with van der Waals surface area (Å²) >= 11 is 0. The lowest BCUT2D eigenvalue weighted by molar-refractivity contribution is 0.127. The third kappa shape index (κ3) is 4.05. The summed E-state index contributed by atoms with van der Waals surface area (Å²) in [7, 11) is 2.27. The Labute approximate surface area is 123 Å². The number of benzene rings is 1. The van der Waals surface area contributed by atoms with E-state index in [1.165, 1.54) is 43.6 Å². The van der Waals surface area contributed by atoms with Gasteiger partial charge in [0.05, 0.1) is 0 Å². The molecule has 1 heterocycles. The standard InChI is InChI=1S/C17H29N3/c1-3-20-12-9-17(10-13-20)19(2)14-16-7-5-4-6-15(16)8-11-18/h4-7,17H,3,8-14,18H2,1-2H3. The molecule has 3 nitrogen and oxygen atoms in total. The molecule has 1 aromatic rings. The molecule has 1 aliphatic heterocycles. The zero-order valence-corrected chi connectivity index (χ0v) is 13.0. The lowest BCUT2D eigenvalue weighted by Gasteiger charge is -2.36. The van der Waals surface area contributed by atoms with E-state index >= 15 is 0 Å². The minimum atomic E-state index is 0.726. The average molecular weight is 275 g/mol. The second-order valence-electron chi connectivity index (χ2n) is 5.89. The number of piperidine rings is 1. The number of hydrogen-bond acceptors (Lipinski definition) is 3. The third-order valence-corrected chi connectivity index (χ3v) is 4.58. The molecule has 0 unspecified atom stereocenters. The Hall–Kier alpha value is -0.900. The van der Waals surface area contributed by atoms with Gasteiger partial charge in [-0.25, -0.2) is 0 Å². The number of likely N-dealkylation sites (tertiary alicyclic amines) is 1. The van der Waals surface area contributed by atoms with Gasteiger partial charge < -0.3 is 10.6 Å². The highest BCUT2D eigenvalue weighted by Crippen LogP contribution is 2.19. The first kappa shape index (κ1) is 15.5. The van der Waals surface area contributed by atoms with Gasteiger partial charge in [0.2, 0.25) is 0 Å². The Morgan fingerprint density at radius 1 is 1.20 bits per heavy atom. The van der Waals surface area contributed by atoms with Crippen LogP contribution < -0.4 is 5.73 Å². The number of rotatable bonds is 6. The van der Waals surface area contributed by atoms with Crippen molar-refractivity contribution < 1.29 is 0 Å². The van der Waals surface area contributed by atoms with Crippen LogP contribution in [0.1, 0.15) is 30.9 Å². The quantitative estimate of drug-likeness (QED) is 0.863. The predicted octanol–water partition coefficient (Wildman–Crippen LogP) is 2.10. The highest BCUT2D eigenvalue weighted by atomic mass is 15.2. The van der Waals surface area contributed by atoms with Gasteiger partial charge in [-0.3, -0.25) is 4.90 Å². The SMILES string of the molecule is CCN1CCC(N(C)Cc2ccccc2CCN)CC1. The van der Waals surface area contributed by atoms with Crippen molar-refractivity contribution in [3.05, 3.63) is 35.4 Å². The number of nitrogens with zero attached hydrogens (tertiary/aromatic N) is 2. The van der Waals surface area contributed by atoms with E-state index in [9.17, 15) is 0 Å². The van der Waals surface area contributed by atoms with E-state index in [2.05, 4.69) is 48.0 Å². The largest absolute Gasteiger partial charge is 0.330 e. The number of hydrogen-bond donors (Lipinski definition) is 1. The fraction of sp³-hybridized carbons (Fsp3) is 0.647. The van der Waals surface area contributed by atoms with E-state index in [4.69, 9.17) is 5.73 Å². The molecule has 1 aliphatic rings. The van der Waals surface area contributed by atoms with Crippen molar-refractivity contribution in [1.29, 1.82) is 0 Å². The van der Waals surface area contributed by atoms with Crippen LogP contribution in [0.4, 0.5) is 0 Å². The van der Waals surface area contributed by atoms with Gasteiger partial charge in [0.15, 0.2) is 0 Å². The smallest absolute Gasteiger partial charge is 0.0236 e. The summed E-state index contributed by atoms with van der Waals surface area (Å²) in [6, 6.07) is 9.46. The Morgan fingerprint density at radius 3 is 2.45 bits per heavy atom. The molecule has 112 valence electrons. The van der Waals surface area contributed by atoms with Crippen molar-refractivity contribution in [2.24, 2.45) is 5.73 Å². The van der Waals surface area contributed by atoms with Crippen molar-refractivity contribution in [1.82, 2.24) is 9.80 Å². The van der Waals surface area contributed by atoms with Gasteiger partial charge in [-0.2, -0.15) is 0 Å². The summed E-state index contributed by atoms with van der Waals surface area (Å²) in [6.45, 7) is 7.72. The van der Waals surface area contributed by atoms with Gasteiger partial charge in [-0.15, -0.1) is 0 Å². The first-order chi connectivity index (χ1) is 9.74. The zero-order valence-electron chi connectivity index (χ0n) is 13.0. The lowest BCUT2D eigenvalue weighted by Crippen LogP contribution is -2.43. The van der Waals surface area contributed by atoms with Crippen LogP contribution in [0.2, 0.25) is 0 Å². The first-order valence-corrected chi connectivity index (χ1v) is 7.94. The fourth-order valence-corrected chi connectivity index (χ4v) is 3.19. The molecule has 0 saturated carbocycles. The summed E-state index contributed by atoms with van der Waals surface area (Å²) in [5, 5.41) is 0. The van der Waals surface area contributed by atoms with Crippen LogP contribution >= 0.6 is 0 Å². The molecule has 3 heteroatoms. The van der Waals surface area contributed by atoms with Crippen LogP contribution in [0.5, 0.6) is 0 Å². The molecule has 0 radical (unpaired) electrons. The second-order valence-corrected chi connectivity index (χ2v) is 5.89. The Balaban J connectivity index is 1.93. The second kappa shape index (κ2) is 7.77. The summed E-state index contributed by atoms with van der Waals surface area (Å²) in [5.41, 5.74) is 8.57. The molecule has 0 aromatic heterocycles. The van der Waals surface area contributed by atoms with Crippen molar-refractivity contribution in [2.75, 3.05) is 33.2 Å². The molecule has 1 fully saturated rings. The van der Waals surface area contributed by atoms with Crippen LogP contribution in [0.3, 0.4) is 0 Å². The van der Waals surface area contributed by atoms with Crippen molar-refractivity contribution in [2.45, 2.75) is 38.8 Å². The molecule has 0 aliphatic carbocycles. The Bertz CT molecular complexity index is 397. The monoisotopic (exact) mass is 275 g/mol. The highest BCUT2D eigenvalue weighted by Gasteiger charge is 2.21. The number of nitrogens with two attached hydrogens (primary N) is 1. The van der Waals surface area contributed by atoms with Crippen molar-refractivity contribution in [3.8, 4) is 0 Å². The van der Waals surface area contributed by atoms with Crippen molar-refractivity contribution >= 4 is 0 Å². The predicted molar refractivity (Wildman–Crippen MR) is 85.8 cm³/mol. The Morgan fingerprint density at radius 2 is 1.85 bits per heavy atom. The first-order valence-electron chi connectivity index (χ1n) is 7.94. The fourth-order valence-electron chi connectivity index (χ4n) is 3.19. The van der Waals surface area contributed by atoms with Gasteiger partial charge in [-0.1, -0.05) is 31.2 Å². The summed E-state index contributed by atoms with van der Waals surface area (Å²) in [5.74, 6) is 0. The molecule has 0 spiro atoms. The van der Waals surface area contributed by atoms with E-state index in [0.29, 0.717) is 0 Å². The maximum absolute atomic E-state index is 5.71. The van der Waals surface area contributed by atoms with E-state index in [-0.39, 0.29) is 0 Å². The summed E-state index contributed by atoms with van der Waals surface area (Å²) in [6.07, 6.45) is 3.57. The van der Waals surface area contributed by atoms with Gasteiger partial charge in [-0.05, 0) is 63.6 Å². The van der Waals surface area contributed by atoms with Gasteiger partial charge in [0.25, 0.3) is 0 Å². The highest BCUT2D eigenvalue weighted by molar-refractivity contribution is 5.27. The van der Waals surface area contributed by atoms with Crippen LogP contribution in [0.15, 0.2) is 24.3 Å².